The van der Waals surface area contributed by atoms with Gasteiger partial charge in [0.15, 0.2) is 5.43 Å². The van der Waals surface area contributed by atoms with Gasteiger partial charge in [0.1, 0.15) is 22.4 Å². The first-order valence-corrected chi connectivity index (χ1v) is 8.10. The summed E-state index contributed by atoms with van der Waals surface area (Å²) >= 11 is 0. The molecule has 2 aliphatic rings. The van der Waals surface area contributed by atoms with Crippen LogP contribution in [0.15, 0.2) is 61.8 Å². The third-order valence-corrected chi connectivity index (χ3v) is 4.44. The molecule has 1 heterocycles. The highest BCUT2D eigenvalue weighted by Gasteiger charge is 2.14. The van der Waals surface area contributed by atoms with Crippen molar-refractivity contribution in [1.82, 2.24) is 4.98 Å². The van der Waals surface area contributed by atoms with Crippen LogP contribution in [0.1, 0.15) is 0 Å². The minimum absolute atomic E-state index is 0.0124. The number of methoxy groups -OCH3 is 2. The molecule has 0 saturated carbocycles. The molecule has 2 aromatic carbocycles. The lowest BCUT2D eigenvalue weighted by atomic mass is 10.1. The number of benzene rings is 2. The Labute approximate surface area is 151 Å². The lowest BCUT2D eigenvalue weighted by Crippen LogP contribution is -2.21. The van der Waals surface area contributed by atoms with E-state index < -0.39 is 16.5 Å². The molecule has 0 saturated heterocycles. The second kappa shape index (κ2) is 6.21. The molecule has 0 amide bonds. The maximum absolute atomic E-state index is 12.7. The summed E-state index contributed by atoms with van der Waals surface area (Å²) in [6.45, 7) is 0. The van der Waals surface area contributed by atoms with Gasteiger partial charge in [-0.3, -0.25) is 19.4 Å². The molecule has 0 aromatic heterocycles. The zero-order valence-electron chi connectivity index (χ0n) is 14.5. The fourth-order valence-corrected chi connectivity index (χ4v) is 3.17. The van der Waals surface area contributed by atoms with Crippen LogP contribution < -0.4 is 31.4 Å². The smallest absolute Gasteiger partial charge is 0.263 e. The van der Waals surface area contributed by atoms with Gasteiger partial charge in [-0.1, -0.05) is 24.3 Å². The van der Waals surface area contributed by atoms with E-state index in [1.807, 2.05) is 0 Å². The lowest BCUT2D eigenvalue weighted by molar-refractivity contribution is 0.395. The Bertz CT molecular complexity index is 1460. The van der Waals surface area contributed by atoms with Gasteiger partial charge in [0, 0.05) is 16.8 Å². The van der Waals surface area contributed by atoms with E-state index in [2.05, 4.69) is 9.98 Å². The summed E-state index contributed by atoms with van der Waals surface area (Å²) in [5.41, 5.74) is -1.38. The maximum atomic E-state index is 12.7. The van der Waals surface area contributed by atoms with Crippen molar-refractivity contribution in [3.63, 3.8) is 0 Å². The predicted molar refractivity (Wildman–Crippen MR) is 99.5 cm³/mol. The molecule has 0 unspecified atom stereocenters. The van der Waals surface area contributed by atoms with E-state index in [4.69, 9.17) is 9.47 Å². The summed E-state index contributed by atoms with van der Waals surface area (Å²) in [5.74, 6) is 1.02. The maximum Gasteiger partial charge on any atom is 0.263 e. The number of hydrogen-bond donors (Lipinski definition) is 1. The number of aromatic amines is 1. The summed E-state index contributed by atoms with van der Waals surface area (Å²) in [6, 6.07) is 11.8. The van der Waals surface area contributed by atoms with Crippen LogP contribution in [-0.4, -0.2) is 19.2 Å². The number of ether oxygens (including phenoxy) is 2. The first-order valence-electron chi connectivity index (χ1n) is 8.10. The molecule has 7 heteroatoms. The standard InChI is InChI=1S/C20H14N2O5/c1-26-10-7-8-13(14(9-10)27-2)21-17-11-5-3-4-6-12(11)18(23)16-15(17)19(24)22-20(16)25/h3-9H,1-2H3,(H,22,24,25). The van der Waals surface area contributed by atoms with Crippen molar-refractivity contribution in [3.05, 3.63) is 89.2 Å². The van der Waals surface area contributed by atoms with E-state index in [-0.39, 0.29) is 15.8 Å². The third-order valence-electron chi connectivity index (χ3n) is 4.44. The van der Waals surface area contributed by atoms with Crippen LogP contribution in [0.5, 0.6) is 11.5 Å². The first kappa shape index (κ1) is 16.7. The molecule has 1 aliphatic heterocycles. The number of aromatic nitrogens is 1. The average Bonchev–Trinajstić information content (AvgIpc) is 2.99. The Kier molecular flexibility index (Phi) is 3.84. The van der Waals surface area contributed by atoms with Crippen molar-refractivity contribution in [2.45, 2.75) is 0 Å². The van der Waals surface area contributed by atoms with Crippen LogP contribution in [0.3, 0.4) is 0 Å². The second-order valence-corrected chi connectivity index (χ2v) is 5.91. The van der Waals surface area contributed by atoms with Crippen molar-refractivity contribution >= 4 is 16.5 Å². The highest BCUT2D eigenvalue weighted by Crippen LogP contribution is 2.31. The Hall–Kier alpha value is -3.74. The van der Waals surface area contributed by atoms with Gasteiger partial charge in [0.2, 0.25) is 0 Å². The zero-order chi connectivity index (χ0) is 19.1. The number of rotatable bonds is 3. The summed E-state index contributed by atoms with van der Waals surface area (Å²) in [6.07, 6.45) is 0. The number of nitrogens with one attached hydrogen (secondary N) is 1. The van der Waals surface area contributed by atoms with Crippen molar-refractivity contribution < 1.29 is 9.47 Å². The van der Waals surface area contributed by atoms with Gasteiger partial charge in [0.25, 0.3) is 11.1 Å². The molecule has 7 nitrogen and oxygen atoms in total. The summed E-state index contributed by atoms with van der Waals surface area (Å²) in [7, 11) is 3.03. The molecule has 0 bridgehead atoms. The summed E-state index contributed by atoms with van der Waals surface area (Å²) in [4.78, 5) is 43.9. The van der Waals surface area contributed by atoms with E-state index in [0.717, 1.165) is 0 Å². The molecule has 27 heavy (non-hydrogen) atoms. The quantitative estimate of drug-likeness (QED) is 0.588. The molecular formula is C20H14N2O5. The van der Waals surface area contributed by atoms with E-state index in [9.17, 15) is 14.4 Å². The molecule has 0 spiro atoms. The van der Waals surface area contributed by atoms with E-state index in [0.29, 0.717) is 28.0 Å². The fourth-order valence-electron chi connectivity index (χ4n) is 3.17. The number of nitrogens with zero attached hydrogens (tertiary/aromatic N) is 1. The molecule has 2 aromatic rings. The van der Waals surface area contributed by atoms with Crippen LogP contribution in [0.25, 0.3) is 10.8 Å². The number of fused-ring (bicyclic) bond motifs is 1. The average molecular weight is 362 g/mol. The van der Waals surface area contributed by atoms with Crippen LogP contribution in [-0.2, 0) is 0 Å². The number of H-pyrrole nitrogens is 1. The Balaban J connectivity index is 2.27. The van der Waals surface area contributed by atoms with Gasteiger partial charge in [-0.2, -0.15) is 0 Å². The van der Waals surface area contributed by atoms with E-state index in [1.165, 1.54) is 14.2 Å². The van der Waals surface area contributed by atoms with Gasteiger partial charge < -0.3 is 9.47 Å². The molecule has 0 atom stereocenters. The monoisotopic (exact) mass is 362 g/mol. The molecule has 134 valence electrons. The molecule has 1 aliphatic carbocycles. The number of hydrogen-bond acceptors (Lipinski definition) is 6. The Morgan fingerprint density at radius 1 is 0.852 bits per heavy atom. The Morgan fingerprint density at radius 2 is 1.56 bits per heavy atom. The summed E-state index contributed by atoms with van der Waals surface area (Å²) in [5, 5.41) is 0.884. The van der Waals surface area contributed by atoms with Gasteiger partial charge in [-0.05, 0) is 12.1 Å². The minimum atomic E-state index is -0.705. The van der Waals surface area contributed by atoms with Gasteiger partial charge in [-0.15, -0.1) is 0 Å². The predicted octanol–water partition coefficient (Wildman–Crippen LogP) is 1.10. The van der Waals surface area contributed by atoms with Crippen molar-refractivity contribution in [1.29, 1.82) is 0 Å². The summed E-state index contributed by atoms with van der Waals surface area (Å²) < 4.78 is 10.5. The van der Waals surface area contributed by atoms with Crippen LogP contribution in [0.4, 0.5) is 5.69 Å². The van der Waals surface area contributed by atoms with Crippen LogP contribution in [0.2, 0.25) is 0 Å². The topological polar surface area (TPSA) is 97.8 Å². The SMILES string of the molecule is COc1ccc(N=c2c3c(=O)[nH]c(=O)c=3c(=O)c3ccccc23)c(OC)c1. The molecule has 0 radical (unpaired) electrons. The van der Waals surface area contributed by atoms with Crippen molar-refractivity contribution in [2.75, 3.05) is 14.2 Å². The van der Waals surface area contributed by atoms with Gasteiger partial charge in [0.05, 0.1) is 24.8 Å². The van der Waals surface area contributed by atoms with E-state index >= 15 is 0 Å². The van der Waals surface area contributed by atoms with Gasteiger partial charge >= 0.3 is 0 Å². The minimum Gasteiger partial charge on any atom is -0.497 e. The lowest BCUT2D eigenvalue weighted by Gasteiger charge is -2.07. The normalized spacial score (nSPS) is 12.0. The highest BCUT2D eigenvalue weighted by atomic mass is 16.5. The Morgan fingerprint density at radius 3 is 2.26 bits per heavy atom. The van der Waals surface area contributed by atoms with Crippen LogP contribution >= 0.6 is 0 Å². The molecule has 1 N–H and O–H groups in total. The van der Waals surface area contributed by atoms with Crippen molar-refractivity contribution in [2.24, 2.45) is 4.99 Å². The third kappa shape index (κ3) is 2.52. The van der Waals surface area contributed by atoms with E-state index in [1.54, 1.807) is 42.5 Å². The highest BCUT2D eigenvalue weighted by molar-refractivity contribution is 5.82. The fraction of sp³-hybridized carbons (Fsp3) is 0.100. The second-order valence-electron chi connectivity index (χ2n) is 5.91. The largest absolute Gasteiger partial charge is 0.497 e. The first-order chi connectivity index (χ1) is 13.0. The molecular weight excluding hydrogens is 348 g/mol. The van der Waals surface area contributed by atoms with Crippen LogP contribution in [0, 0.1) is 10.4 Å². The van der Waals surface area contributed by atoms with Gasteiger partial charge in [-0.25, -0.2) is 4.99 Å². The molecule has 4 rings (SSSR count). The van der Waals surface area contributed by atoms with Crippen molar-refractivity contribution in [3.8, 4) is 11.5 Å². The zero-order valence-corrected chi connectivity index (χ0v) is 14.5. The molecule has 0 fully saturated rings.